The van der Waals surface area contributed by atoms with E-state index in [4.69, 9.17) is 4.74 Å². The Morgan fingerprint density at radius 2 is 2.13 bits per heavy atom. The van der Waals surface area contributed by atoms with Gasteiger partial charge in [0.1, 0.15) is 5.75 Å². The van der Waals surface area contributed by atoms with Gasteiger partial charge in [0.05, 0.1) is 17.7 Å². The third-order valence-electron chi connectivity index (χ3n) is 2.18. The first-order valence-electron chi connectivity index (χ1n) is 5.21. The Bertz CT molecular complexity index is 324. The van der Waals surface area contributed by atoms with Crippen LogP contribution in [0.2, 0.25) is 0 Å². The second-order valence-electron chi connectivity index (χ2n) is 3.60. The number of aliphatic hydroxyl groups is 1. The van der Waals surface area contributed by atoms with Crippen LogP contribution in [0.4, 0.5) is 0 Å². The van der Waals surface area contributed by atoms with Crippen molar-refractivity contribution in [3.05, 3.63) is 27.7 Å². The topological polar surface area (TPSA) is 29.5 Å². The molecular formula is C12H17BrO2. The molecule has 0 fully saturated rings. The summed E-state index contributed by atoms with van der Waals surface area (Å²) in [6, 6.07) is 3.95. The lowest BCUT2D eigenvalue weighted by atomic mass is 10.1. The van der Waals surface area contributed by atoms with Crippen molar-refractivity contribution in [2.24, 2.45) is 0 Å². The SMILES string of the molecule is CCCCOc1c(Br)cc(C)cc1CO. The van der Waals surface area contributed by atoms with Crippen LogP contribution in [0.25, 0.3) is 0 Å². The Kier molecular flexibility index (Phi) is 5.12. The number of rotatable bonds is 5. The van der Waals surface area contributed by atoms with E-state index in [1.807, 2.05) is 19.1 Å². The van der Waals surface area contributed by atoms with E-state index in [2.05, 4.69) is 22.9 Å². The largest absolute Gasteiger partial charge is 0.492 e. The Morgan fingerprint density at radius 3 is 2.73 bits per heavy atom. The first-order valence-corrected chi connectivity index (χ1v) is 6.01. The minimum absolute atomic E-state index is 0.0156. The summed E-state index contributed by atoms with van der Waals surface area (Å²) in [4.78, 5) is 0. The van der Waals surface area contributed by atoms with Gasteiger partial charge in [0.15, 0.2) is 0 Å². The Morgan fingerprint density at radius 1 is 1.40 bits per heavy atom. The minimum atomic E-state index is 0.0156. The van der Waals surface area contributed by atoms with Crippen LogP contribution in [0, 0.1) is 6.92 Å². The number of aliphatic hydroxyl groups excluding tert-OH is 1. The average molecular weight is 273 g/mol. The molecule has 0 aliphatic carbocycles. The summed E-state index contributed by atoms with van der Waals surface area (Å²) < 4.78 is 6.57. The number of unbranched alkanes of at least 4 members (excludes halogenated alkanes) is 1. The summed E-state index contributed by atoms with van der Waals surface area (Å²) in [7, 11) is 0. The van der Waals surface area contributed by atoms with E-state index in [1.165, 1.54) is 0 Å². The van der Waals surface area contributed by atoms with E-state index in [1.54, 1.807) is 0 Å². The lowest BCUT2D eigenvalue weighted by Crippen LogP contribution is -2.01. The predicted octanol–water partition coefficient (Wildman–Crippen LogP) is 3.43. The fraction of sp³-hybridized carbons (Fsp3) is 0.500. The van der Waals surface area contributed by atoms with Crippen molar-refractivity contribution < 1.29 is 9.84 Å². The molecule has 0 bridgehead atoms. The van der Waals surface area contributed by atoms with Gasteiger partial charge in [-0.25, -0.2) is 0 Å². The van der Waals surface area contributed by atoms with Gasteiger partial charge in [-0.2, -0.15) is 0 Å². The number of benzene rings is 1. The van der Waals surface area contributed by atoms with Crippen molar-refractivity contribution in [2.75, 3.05) is 6.61 Å². The van der Waals surface area contributed by atoms with E-state index in [0.717, 1.165) is 34.2 Å². The molecule has 0 radical (unpaired) electrons. The van der Waals surface area contributed by atoms with Gasteiger partial charge in [-0.15, -0.1) is 0 Å². The first kappa shape index (κ1) is 12.5. The highest BCUT2D eigenvalue weighted by molar-refractivity contribution is 9.10. The Balaban J connectivity index is 2.84. The van der Waals surface area contributed by atoms with Crippen LogP contribution in [0.15, 0.2) is 16.6 Å². The zero-order valence-electron chi connectivity index (χ0n) is 9.22. The molecule has 0 unspecified atom stereocenters. The molecule has 2 nitrogen and oxygen atoms in total. The molecule has 3 heteroatoms. The van der Waals surface area contributed by atoms with E-state index >= 15 is 0 Å². The maximum Gasteiger partial charge on any atom is 0.138 e. The van der Waals surface area contributed by atoms with Crippen molar-refractivity contribution in [3.63, 3.8) is 0 Å². The van der Waals surface area contributed by atoms with Crippen LogP contribution in [-0.2, 0) is 6.61 Å². The Labute approximate surface area is 99.4 Å². The van der Waals surface area contributed by atoms with Crippen LogP contribution in [0.1, 0.15) is 30.9 Å². The maximum absolute atomic E-state index is 9.22. The molecule has 0 spiro atoms. The van der Waals surface area contributed by atoms with Crippen LogP contribution in [-0.4, -0.2) is 11.7 Å². The number of hydrogen-bond donors (Lipinski definition) is 1. The molecule has 1 aromatic rings. The van der Waals surface area contributed by atoms with Crippen LogP contribution in [0.5, 0.6) is 5.75 Å². The van der Waals surface area contributed by atoms with E-state index in [-0.39, 0.29) is 6.61 Å². The highest BCUT2D eigenvalue weighted by atomic mass is 79.9. The molecule has 1 aromatic carbocycles. The number of halogens is 1. The maximum atomic E-state index is 9.22. The fourth-order valence-electron chi connectivity index (χ4n) is 1.40. The van der Waals surface area contributed by atoms with Gasteiger partial charge < -0.3 is 9.84 Å². The standard InChI is InChI=1S/C12H17BrO2/c1-3-4-5-15-12-10(8-14)6-9(2)7-11(12)13/h6-7,14H,3-5,8H2,1-2H3. The van der Waals surface area contributed by atoms with Crippen molar-refractivity contribution in [1.29, 1.82) is 0 Å². The molecule has 0 saturated carbocycles. The number of hydrogen-bond acceptors (Lipinski definition) is 2. The lowest BCUT2D eigenvalue weighted by Gasteiger charge is -2.12. The van der Waals surface area contributed by atoms with Gasteiger partial charge >= 0.3 is 0 Å². The predicted molar refractivity (Wildman–Crippen MR) is 65.2 cm³/mol. The average Bonchev–Trinajstić information content (AvgIpc) is 2.20. The molecule has 1 rings (SSSR count). The van der Waals surface area contributed by atoms with Gasteiger partial charge in [-0.3, -0.25) is 0 Å². The van der Waals surface area contributed by atoms with Gasteiger partial charge in [-0.1, -0.05) is 13.3 Å². The summed E-state index contributed by atoms with van der Waals surface area (Å²) in [5, 5.41) is 9.22. The summed E-state index contributed by atoms with van der Waals surface area (Å²) in [5.41, 5.74) is 1.96. The summed E-state index contributed by atoms with van der Waals surface area (Å²) in [6.07, 6.45) is 2.14. The smallest absolute Gasteiger partial charge is 0.138 e. The van der Waals surface area contributed by atoms with Crippen molar-refractivity contribution in [2.45, 2.75) is 33.3 Å². The van der Waals surface area contributed by atoms with Crippen LogP contribution < -0.4 is 4.74 Å². The molecule has 0 saturated heterocycles. The van der Waals surface area contributed by atoms with E-state index < -0.39 is 0 Å². The van der Waals surface area contributed by atoms with E-state index in [9.17, 15) is 5.11 Å². The van der Waals surface area contributed by atoms with Gasteiger partial charge in [0, 0.05) is 5.56 Å². The van der Waals surface area contributed by atoms with Crippen molar-refractivity contribution >= 4 is 15.9 Å². The zero-order valence-corrected chi connectivity index (χ0v) is 10.8. The van der Waals surface area contributed by atoms with Crippen molar-refractivity contribution in [3.8, 4) is 5.75 Å². The molecule has 84 valence electrons. The molecule has 15 heavy (non-hydrogen) atoms. The third kappa shape index (κ3) is 3.50. The second-order valence-corrected chi connectivity index (χ2v) is 4.45. The molecule has 0 atom stereocenters. The third-order valence-corrected chi connectivity index (χ3v) is 2.77. The normalized spacial score (nSPS) is 10.4. The summed E-state index contributed by atoms with van der Waals surface area (Å²) in [6.45, 7) is 4.84. The molecule has 1 N–H and O–H groups in total. The van der Waals surface area contributed by atoms with Gasteiger partial charge in [-0.05, 0) is 47.0 Å². The summed E-state index contributed by atoms with van der Waals surface area (Å²) >= 11 is 3.45. The lowest BCUT2D eigenvalue weighted by molar-refractivity contribution is 0.260. The molecular weight excluding hydrogens is 256 g/mol. The van der Waals surface area contributed by atoms with Crippen LogP contribution >= 0.6 is 15.9 Å². The quantitative estimate of drug-likeness (QED) is 0.833. The van der Waals surface area contributed by atoms with E-state index in [0.29, 0.717) is 6.61 Å². The van der Waals surface area contributed by atoms with Crippen molar-refractivity contribution in [1.82, 2.24) is 0 Å². The second kappa shape index (κ2) is 6.13. The molecule has 0 aromatic heterocycles. The minimum Gasteiger partial charge on any atom is -0.492 e. The van der Waals surface area contributed by atoms with Gasteiger partial charge in [0.2, 0.25) is 0 Å². The highest BCUT2D eigenvalue weighted by Crippen LogP contribution is 2.30. The molecule has 0 heterocycles. The molecule has 0 aliphatic heterocycles. The number of ether oxygens (including phenoxy) is 1. The summed E-state index contributed by atoms with van der Waals surface area (Å²) in [5.74, 6) is 0.775. The first-order chi connectivity index (χ1) is 7.19. The zero-order chi connectivity index (χ0) is 11.3. The Hall–Kier alpha value is -0.540. The molecule has 0 amide bonds. The number of aryl methyl sites for hydroxylation is 1. The monoisotopic (exact) mass is 272 g/mol. The molecule has 0 aliphatic rings. The van der Waals surface area contributed by atoms with Gasteiger partial charge in [0.25, 0.3) is 0 Å². The fourth-order valence-corrected chi connectivity index (χ4v) is 2.13. The highest BCUT2D eigenvalue weighted by Gasteiger charge is 2.08. The van der Waals surface area contributed by atoms with Crippen LogP contribution in [0.3, 0.4) is 0 Å².